The monoisotopic (exact) mass is 354 g/mol. The Balaban J connectivity index is 2.00. The van der Waals surface area contributed by atoms with Gasteiger partial charge in [0.2, 0.25) is 0 Å². The first-order valence-electron chi connectivity index (χ1n) is 9.90. The summed E-state index contributed by atoms with van der Waals surface area (Å²) in [5, 5.41) is 3.41. The molecule has 1 heterocycles. The lowest BCUT2D eigenvalue weighted by atomic mass is 9.56. The zero-order chi connectivity index (χ0) is 18.7. The van der Waals surface area contributed by atoms with E-state index in [0.717, 1.165) is 17.3 Å². The molecule has 0 radical (unpaired) electrons. The second kappa shape index (κ2) is 7.75. The minimum atomic E-state index is 0.308. The van der Waals surface area contributed by atoms with Gasteiger partial charge in [-0.3, -0.25) is 0 Å². The van der Waals surface area contributed by atoms with E-state index in [4.69, 9.17) is 11.5 Å². The van der Waals surface area contributed by atoms with Crippen LogP contribution in [0.25, 0.3) is 0 Å². The highest BCUT2D eigenvalue weighted by Gasteiger charge is 2.48. The highest BCUT2D eigenvalue weighted by molar-refractivity contribution is 5.56. The smallest absolute Gasteiger partial charge is 0.0556 e. The van der Waals surface area contributed by atoms with Gasteiger partial charge in [0.15, 0.2) is 0 Å². The summed E-state index contributed by atoms with van der Waals surface area (Å²) in [6.45, 7) is 5.86. The molecule has 1 saturated carbocycles. The molecule has 0 spiro atoms. The Morgan fingerprint density at radius 3 is 2.81 bits per heavy atom. The maximum atomic E-state index is 5.72. The molecule has 2 aliphatic rings. The van der Waals surface area contributed by atoms with E-state index < -0.39 is 0 Å². The van der Waals surface area contributed by atoms with Crippen LogP contribution in [0.15, 0.2) is 42.4 Å². The highest BCUT2D eigenvalue weighted by Crippen LogP contribution is 2.52. The molecule has 2 fully saturated rings. The van der Waals surface area contributed by atoms with Crippen molar-refractivity contribution in [3.63, 3.8) is 0 Å². The zero-order valence-electron chi connectivity index (χ0n) is 16.5. The van der Waals surface area contributed by atoms with Crippen molar-refractivity contribution >= 4 is 5.69 Å². The van der Waals surface area contributed by atoms with Gasteiger partial charge in [0.1, 0.15) is 0 Å². The number of hydrogen-bond donors (Lipinski definition) is 3. The number of rotatable bonds is 4. The molecule has 1 aliphatic heterocycles. The molecule has 1 aromatic rings. The van der Waals surface area contributed by atoms with Crippen LogP contribution in [-0.2, 0) is 5.41 Å². The maximum absolute atomic E-state index is 5.72. The second-order valence-corrected chi connectivity index (χ2v) is 8.12. The van der Waals surface area contributed by atoms with E-state index in [-0.39, 0.29) is 0 Å². The summed E-state index contributed by atoms with van der Waals surface area (Å²) >= 11 is 0. The van der Waals surface area contributed by atoms with Crippen LogP contribution in [0.4, 0.5) is 5.69 Å². The summed E-state index contributed by atoms with van der Waals surface area (Å²) in [4.78, 5) is 2.55. The zero-order valence-corrected chi connectivity index (χ0v) is 16.5. The lowest BCUT2D eigenvalue weighted by Gasteiger charge is -2.54. The standard InChI is InChI=1S/C22H34N4/c1-16-7-8-18(25-19(15-24)9-12-23)14-21(16)22-10-5-4-6-20(22)17(2)26(3)13-11-22/h7-9,12,14-15,17,20,25H,4-6,10-11,13,23-24H2,1-3H3/b12-9-,19-15+. The minimum Gasteiger partial charge on any atom is -0.405 e. The molecule has 0 amide bonds. The summed E-state index contributed by atoms with van der Waals surface area (Å²) in [5.74, 6) is 0.734. The Morgan fingerprint density at radius 2 is 2.08 bits per heavy atom. The average molecular weight is 355 g/mol. The third-order valence-corrected chi connectivity index (χ3v) is 6.80. The molecule has 1 aromatic carbocycles. The van der Waals surface area contributed by atoms with E-state index in [1.165, 1.54) is 56.0 Å². The first-order valence-corrected chi connectivity index (χ1v) is 9.90. The van der Waals surface area contributed by atoms with Crippen molar-refractivity contribution in [1.29, 1.82) is 0 Å². The molecular weight excluding hydrogens is 320 g/mol. The van der Waals surface area contributed by atoms with Gasteiger partial charge in [-0.2, -0.15) is 0 Å². The SMILES string of the molecule is Cc1ccc(NC(/C=C\N)=C/N)cc1C12CCCCC1C(C)N(C)CC2. The molecule has 1 saturated heterocycles. The largest absolute Gasteiger partial charge is 0.405 e. The molecule has 1 aliphatic carbocycles. The van der Waals surface area contributed by atoms with Gasteiger partial charge >= 0.3 is 0 Å². The second-order valence-electron chi connectivity index (χ2n) is 8.12. The third kappa shape index (κ3) is 3.35. The summed E-state index contributed by atoms with van der Waals surface area (Å²) in [6, 6.07) is 7.39. The van der Waals surface area contributed by atoms with Crippen molar-refractivity contribution in [3.05, 3.63) is 53.5 Å². The topological polar surface area (TPSA) is 67.3 Å². The predicted octanol–water partition coefficient (Wildman–Crippen LogP) is 3.83. The van der Waals surface area contributed by atoms with Crippen molar-refractivity contribution in [2.75, 3.05) is 18.9 Å². The van der Waals surface area contributed by atoms with Crippen LogP contribution in [0.3, 0.4) is 0 Å². The van der Waals surface area contributed by atoms with E-state index >= 15 is 0 Å². The molecule has 0 bridgehead atoms. The summed E-state index contributed by atoms with van der Waals surface area (Å²) in [6.07, 6.45) is 11.5. The van der Waals surface area contributed by atoms with Crippen LogP contribution in [-0.4, -0.2) is 24.5 Å². The quantitative estimate of drug-likeness (QED) is 0.719. The van der Waals surface area contributed by atoms with Gasteiger partial charge in [-0.15, -0.1) is 0 Å². The molecule has 3 atom stereocenters. The fraction of sp³-hybridized carbons (Fsp3) is 0.545. The number of allylic oxidation sites excluding steroid dienone is 1. The summed E-state index contributed by atoms with van der Waals surface area (Å²) < 4.78 is 0. The van der Waals surface area contributed by atoms with Crippen molar-refractivity contribution in [1.82, 2.24) is 4.90 Å². The van der Waals surface area contributed by atoms with E-state index in [0.29, 0.717) is 11.5 Å². The number of piperidine rings is 1. The molecule has 4 nitrogen and oxygen atoms in total. The molecule has 3 unspecified atom stereocenters. The van der Waals surface area contributed by atoms with Crippen molar-refractivity contribution in [2.45, 2.75) is 57.4 Å². The predicted molar refractivity (Wildman–Crippen MR) is 111 cm³/mol. The van der Waals surface area contributed by atoms with E-state index in [1.807, 2.05) is 0 Å². The van der Waals surface area contributed by atoms with Gasteiger partial charge in [0.25, 0.3) is 0 Å². The number of anilines is 1. The summed E-state index contributed by atoms with van der Waals surface area (Å²) in [5.41, 5.74) is 16.4. The summed E-state index contributed by atoms with van der Waals surface area (Å²) in [7, 11) is 2.28. The fourth-order valence-corrected chi connectivity index (χ4v) is 5.28. The molecule has 4 heteroatoms. The van der Waals surface area contributed by atoms with Crippen molar-refractivity contribution in [3.8, 4) is 0 Å². The lowest BCUT2D eigenvalue weighted by molar-refractivity contribution is 0.0226. The molecular formula is C22H34N4. The van der Waals surface area contributed by atoms with Gasteiger partial charge in [-0.1, -0.05) is 18.9 Å². The molecule has 5 N–H and O–H groups in total. The molecule has 0 aromatic heterocycles. The normalized spacial score (nSPS) is 30.3. The van der Waals surface area contributed by atoms with Crippen molar-refractivity contribution in [2.24, 2.45) is 17.4 Å². The number of nitrogens with one attached hydrogen (secondary N) is 1. The number of nitrogens with zero attached hydrogens (tertiary/aromatic N) is 1. The van der Waals surface area contributed by atoms with Crippen LogP contribution in [0, 0.1) is 12.8 Å². The third-order valence-electron chi connectivity index (χ3n) is 6.80. The van der Waals surface area contributed by atoms with Crippen LogP contribution < -0.4 is 16.8 Å². The lowest BCUT2D eigenvalue weighted by Crippen LogP contribution is -2.55. The van der Waals surface area contributed by atoms with Gasteiger partial charge in [0.05, 0.1) is 5.70 Å². The molecule has 142 valence electrons. The molecule has 26 heavy (non-hydrogen) atoms. The Hall–Kier alpha value is -1.94. The fourth-order valence-electron chi connectivity index (χ4n) is 5.28. The van der Waals surface area contributed by atoms with Crippen molar-refractivity contribution < 1.29 is 0 Å². The van der Waals surface area contributed by atoms with Crippen LogP contribution >= 0.6 is 0 Å². The van der Waals surface area contributed by atoms with Crippen LogP contribution in [0.2, 0.25) is 0 Å². The van der Waals surface area contributed by atoms with E-state index in [9.17, 15) is 0 Å². The number of likely N-dealkylation sites (tertiary alicyclic amines) is 1. The van der Waals surface area contributed by atoms with Gasteiger partial charge in [-0.05, 0) is 88.2 Å². The maximum Gasteiger partial charge on any atom is 0.0556 e. The Bertz CT molecular complexity index is 693. The number of benzene rings is 1. The Labute approximate surface area is 158 Å². The van der Waals surface area contributed by atoms with E-state index in [1.54, 1.807) is 12.3 Å². The number of fused-ring (bicyclic) bond motifs is 1. The van der Waals surface area contributed by atoms with Gasteiger partial charge < -0.3 is 21.7 Å². The minimum absolute atomic E-state index is 0.308. The van der Waals surface area contributed by atoms with Crippen LogP contribution in [0.1, 0.15) is 50.2 Å². The highest BCUT2D eigenvalue weighted by atomic mass is 15.1. The Morgan fingerprint density at radius 1 is 1.27 bits per heavy atom. The number of aryl methyl sites for hydroxylation is 1. The molecule has 3 rings (SSSR count). The van der Waals surface area contributed by atoms with Gasteiger partial charge in [-0.25, -0.2) is 0 Å². The number of nitrogens with two attached hydrogens (primary N) is 2. The Kier molecular flexibility index (Phi) is 5.61. The first-order chi connectivity index (χ1) is 12.5. The number of hydrogen-bond acceptors (Lipinski definition) is 4. The van der Waals surface area contributed by atoms with E-state index in [2.05, 4.69) is 49.3 Å². The average Bonchev–Trinajstić information content (AvgIpc) is 2.66. The van der Waals surface area contributed by atoms with Gasteiger partial charge in [0, 0.05) is 23.3 Å². The van der Waals surface area contributed by atoms with Crippen LogP contribution in [0.5, 0.6) is 0 Å². The first kappa shape index (κ1) is 18.8.